The molecule has 1 aromatic heterocycles. The third kappa shape index (κ3) is 8.60. The van der Waals surface area contributed by atoms with E-state index >= 15 is 0 Å². The predicted octanol–water partition coefficient (Wildman–Crippen LogP) is 6.05. The van der Waals surface area contributed by atoms with Gasteiger partial charge in [0.25, 0.3) is 0 Å². The van der Waals surface area contributed by atoms with Crippen LogP contribution in [0.3, 0.4) is 0 Å². The summed E-state index contributed by atoms with van der Waals surface area (Å²) in [6.45, 7) is 5.44. The Kier molecular flexibility index (Phi) is 10.8. The number of hydrogen-bond donors (Lipinski definition) is 0. The molecule has 0 N–H and O–H groups in total. The van der Waals surface area contributed by atoms with Crippen LogP contribution in [0.2, 0.25) is 0 Å². The number of nitrogens with zero attached hydrogens (tertiary/aromatic N) is 3. The van der Waals surface area contributed by atoms with E-state index in [-0.39, 0.29) is 0 Å². The van der Waals surface area contributed by atoms with Gasteiger partial charge in [0.2, 0.25) is 0 Å². The number of alkyl halides is 1. The molecule has 0 aliphatic carbocycles. The van der Waals surface area contributed by atoms with Crippen molar-refractivity contribution >= 4 is 15.9 Å². The van der Waals surface area contributed by atoms with Gasteiger partial charge in [0.15, 0.2) is 0 Å². The normalized spacial score (nSPS) is 12.7. The van der Waals surface area contributed by atoms with Gasteiger partial charge < -0.3 is 0 Å². The topological polar surface area (TPSA) is 30.7 Å². The molecule has 21 heavy (non-hydrogen) atoms. The van der Waals surface area contributed by atoms with E-state index in [4.69, 9.17) is 0 Å². The molecule has 0 saturated heterocycles. The number of halogens is 1. The van der Waals surface area contributed by atoms with Crippen LogP contribution in [0.15, 0.2) is 6.20 Å². The number of rotatable bonds is 13. The molecule has 0 spiro atoms. The Balaban J connectivity index is 1.95. The van der Waals surface area contributed by atoms with Gasteiger partial charge >= 0.3 is 0 Å². The number of aromatic nitrogens is 3. The molecule has 0 fully saturated rings. The van der Waals surface area contributed by atoms with Crippen LogP contribution in [0.4, 0.5) is 0 Å². The molecule has 0 aliphatic heterocycles. The number of aryl methyl sites for hydroxylation is 1. The Labute approximate surface area is 139 Å². The third-order valence-electron chi connectivity index (χ3n) is 3.98. The van der Waals surface area contributed by atoms with E-state index < -0.39 is 0 Å². The highest BCUT2D eigenvalue weighted by Gasteiger charge is 2.08. The van der Waals surface area contributed by atoms with Crippen molar-refractivity contribution in [1.82, 2.24) is 15.0 Å². The summed E-state index contributed by atoms with van der Waals surface area (Å²) in [4.78, 5) is 0.346. The van der Waals surface area contributed by atoms with E-state index in [2.05, 4.69) is 46.3 Å². The second-order valence-electron chi connectivity index (χ2n) is 5.96. The molecule has 3 nitrogen and oxygen atoms in total. The summed E-state index contributed by atoms with van der Waals surface area (Å²) in [6, 6.07) is 0. The van der Waals surface area contributed by atoms with Gasteiger partial charge in [-0.25, -0.2) is 0 Å². The molecule has 0 radical (unpaired) electrons. The van der Waals surface area contributed by atoms with Gasteiger partial charge in [-0.3, -0.25) is 4.68 Å². The van der Waals surface area contributed by atoms with Crippen LogP contribution < -0.4 is 0 Å². The maximum Gasteiger partial charge on any atom is 0.0963 e. The summed E-state index contributed by atoms with van der Waals surface area (Å²) < 4.78 is 1.99. The molecular formula is C17H32BrN3. The van der Waals surface area contributed by atoms with E-state index in [0.717, 1.165) is 18.7 Å². The van der Waals surface area contributed by atoms with E-state index in [9.17, 15) is 0 Å². The Morgan fingerprint density at radius 2 is 1.52 bits per heavy atom. The van der Waals surface area contributed by atoms with Crippen molar-refractivity contribution in [1.29, 1.82) is 0 Å². The van der Waals surface area contributed by atoms with Crippen LogP contribution in [0.25, 0.3) is 0 Å². The lowest BCUT2D eigenvalue weighted by Crippen LogP contribution is -1.98. The molecule has 0 saturated carbocycles. The lowest BCUT2D eigenvalue weighted by molar-refractivity contribution is 0.507. The zero-order valence-electron chi connectivity index (χ0n) is 13.9. The maximum absolute atomic E-state index is 4.22. The van der Waals surface area contributed by atoms with Crippen LogP contribution in [-0.4, -0.2) is 15.0 Å². The lowest BCUT2D eigenvalue weighted by Gasteiger charge is -2.03. The molecule has 4 heteroatoms. The Bertz CT molecular complexity index is 352. The van der Waals surface area contributed by atoms with E-state index in [1.54, 1.807) is 0 Å². The molecule has 0 aliphatic rings. The fourth-order valence-corrected chi connectivity index (χ4v) is 2.75. The number of unbranched alkanes of at least 4 members (excludes halogenated alkanes) is 9. The average Bonchev–Trinajstić information content (AvgIpc) is 2.97. The molecule has 122 valence electrons. The van der Waals surface area contributed by atoms with Crippen LogP contribution >= 0.6 is 15.9 Å². The monoisotopic (exact) mass is 357 g/mol. The van der Waals surface area contributed by atoms with Gasteiger partial charge in [-0.05, 0) is 12.8 Å². The standard InChI is InChI=1S/C17H32BrN3/c1-3-5-6-7-8-9-10-11-12-13-14-21-15-17(19-20-21)16(18)4-2/h15-16H,3-14H2,1-2H3. The van der Waals surface area contributed by atoms with Gasteiger partial charge in [-0.2, -0.15) is 0 Å². The van der Waals surface area contributed by atoms with Crippen molar-refractivity contribution in [3.8, 4) is 0 Å². The minimum Gasteiger partial charge on any atom is -0.252 e. The minimum absolute atomic E-state index is 0.346. The zero-order valence-corrected chi connectivity index (χ0v) is 15.4. The van der Waals surface area contributed by atoms with Gasteiger partial charge in [-0.1, -0.05) is 92.8 Å². The van der Waals surface area contributed by atoms with Crippen LogP contribution in [-0.2, 0) is 6.54 Å². The van der Waals surface area contributed by atoms with Gasteiger partial charge in [0, 0.05) is 12.7 Å². The molecule has 0 bridgehead atoms. The number of hydrogen-bond acceptors (Lipinski definition) is 2. The summed E-state index contributed by atoms with van der Waals surface area (Å²) in [7, 11) is 0. The first-order chi connectivity index (χ1) is 10.3. The molecule has 0 amide bonds. The summed E-state index contributed by atoms with van der Waals surface area (Å²) in [5.74, 6) is 0. The lowest BCUT2D eigenvalue weighted by atomic mass is 10.1. The van der Waals surface area contributed by atoms with Crippen LogP contribution in [0, 0.1) is 0 Å². The van der Waals surface area contributed by atoms with Gasteiger partial charge in [-0.15, -0.1) is 5.10 Å². The second-order valence-corrected chi connectivity index (χ2v) is 7.07. The average molecular weight is 358 g/mol. The summed E-state index contributed by atoms with van der Waals surface area (Å²) in [5, 5.41) is 8.41. The minimum atomic E-state index is 0.346. The van der Waals surface area contributed by atoms with E-state index in [1.807, 2.05) is 4.68 Å². The quantitative estimate of drug-likeness (QED) is 0.318. The molecule has 0 aromatic carbocycles. The van der Waals surface area contributed by atoms with Crippen LogP contribution in [0.1, 0.15) is 95.0 Å². The first kappa shape index (κ1) is 18.7. The van der Waals surface area contributed by atoms with E-state index in [1.165, 1.54) is 64.2 Å². The van der Waals surface area contributed by atoms with Crippen molar-refractivity contribution in [2.45, 2.75) is 95.8 Å². The van der Waals surface area contributed by atoms with Crippen molar-refractivity contribution in [3.05, 3.63) is 11.9 Å². The van der Waals surface area contributed by atoms with Gasteiger partial charge in [0.05, 0.1) is 10.5 Å². The van der Waals surface area contributed by atoms with Crippen molar-refractivity contribution in [2.75, 3.05) is 0 Å². The maximum atomic E-state index is 4.22. The van der Waals surface area contributed by atoms with E-state index in [0.29, 0.717) is 4.83 Å². The molecule has 1 heterocycles. The molecule has 1 aromatic rings. The van der Waals surface area contributed by atoms with Crippen molar-refractivity contribution < 1.29 is 0 Å². The van der Waals surface area contributed by atoms with Crippen molar-refractivity contribution in [3.63, 3.8) is 0 Å². The molecule has 1 atom stereocenters. The summed E-state index contributed by atoms with van der Waals surface area (Å²) in [5.41, 5.74) is 1.06. The highest BCUT2D eigenvalue weighted by molar-refractivity contribution is 9.09. The summed E-state index contributed by atoms with van der Waals surface area (Å²) in [6.07, 6.45) is 16.9. The fourth-order valence-electron chi connectivity index (χ4n) is 2.54. The van der Waals surface area contributed by atoms with Crippen LogP contribution in [0.5, 0.6) is 0 Å². The highest BCUT2D eigenvalue weighted by Crippen LogP contribution is 2.23. The molecule has 1 rings (SSSR count). The zero-order chi connectivity index (χ0) is 15.3. The smallest absolute Gasteiger partial charge is 0.0963 e. The molecular weight excluding hydrogens is 326 g/mol. The van der Waals surface area contributed by atoms with Crippen molar-refractivity contribution in [2.24, 2.45) is 0 Å². The SMILES string of the molecule is CCCCCCCCCCCCn1cc(C(Br)CC)nn1. The fraction of sp³-hybridized carbons (Fsp3) is 0.882. The Hall–Kier alpha value is -0.380. The predicted molar refractivity (Wildman–Crippen MR) is 93.8 cm³/mol. The van der Waals surface area contributed by atoms with Gasteiger partial charge in [0.1, 0.15) is 0 Å². The Morgan fingerprint density at radius 3 is 2.10 bits per heavy atom. The molecule has 1 unspecified atom stereocenters. The Morgan fingerprint density at radius 1 is 0.952 bits per heavy atom. The first-order valence-corrected chi connectivity index (χ1v) is 9.73. The third-order valence-corrected chi connectivity index (χ3v) is 5.09. The summed E-state index contributed by atoms with van der Waals surface area (Å²) >= 11 is 3.62. The first-order valence-electron chi connectivity index (χ1n) is 8.82. The second kappa shape index (κ2) is 12.2. The largest absolute Gasteiger partial charge is 0.252 e. The highest BCUT2D eigenvalue weighted by atomic mass is 79.9.